The van der Waals surface area contributed by atoms with Gasteiger partial charge in [-0.05, 0) is 48.0 Å². The number of para-hydroxylation sites is 1. The zero-order valence-electron chi connectivity index (χ0n) is 14.5. The number of fused-ring (bicyclic) bond motifs is 3. The van der Waals surface area contributed by atoms with Crippen LogP contribution in [-0.4, -0.2) is 47.5 Å². The van der Waals surface area contributed by atoms with Gasteiger partial charge < -0.3 is 4.74 Å². The maximum atomic E-state index is 6.42. The highest BCUT2D eigenvalue weighted by molar-refractivity contribution is 7.99. The lowest BCUT2D eigenvalue weighted by Crippen LogP contribution is -2.16. The number of nitrogens with zero attached hydrogens (tertiary/aromatic N) is 7. The van der Waals surface area contributed by atoms with E-state index < -0.39 is 0 Å². The maximum absolute atomic E-state index is 6.42. The van der Waals surface area contributed by atoms with Crippen molar-refractivity contribution in [2.24, 2.45) is 0 Å². The molecular weight excluding hydrogens is 386 g/mol. The molecule has 0 radical (unpaired) electrons. The van der Waals surface area contributed by atoms with E-state index >= 15 is 0 Å². The number of hydrogen-bond donors (Lipinski definition) is 0. The molecule has 3 aromatic heterocycles. The molecule has 0 unspecified atom stereocenters. The number of halogens is 1. The van der Waals surface area contributed by atoms with Crippen LogP contribution in [0.4, 0.5) is 0 Å². The Balaban J connectivity index is 1.59. The Morgan fingerprint density at radius 3 is 3.07 bits per heavy atom. The highest BCUT2D eigenvalue weighted by Gasteiger charge is 2.21. The molecule has 0 amide bonds. The van der Waals surface area contributed by atoms with Crippen LogP contribution in [0, 0.1) is 6.92 Å². The first-order valence-electron chi connectivity index (χ1n) is 8.70. The molecule has 0 aliphatic carbocycles. The average Bonchev–Trinajstić information content (AvgIpc) is 3.40. The van der Waals surface area contributed by atoms with Crippen LogP contribution >= 0.6 is 23.4 Å². The standard InChI is InChI=1S/C17H16ClN7OS/c1-10-14(18)15-19-16(12-6-2-3-7-13(12)25(15)21-10)27-17-20-22-23-24(17)9-11-5-4-8-26-11/h2-3,6-7,11H,4-5,8-9H2,1H3/t11-/m0/s1. The molecule has 1 atom stereocenters. The second-order valence-electron chi connectivity index (χ2n) is 6.45. The Kier molecular flexibility index (Phi) is 4.22. The van der Waals surface area contributed by atoms with Crippen molar-refractivity contribution in [3.8, 4) is 0 Å². The molecule has 0 bridgehead atoms. The summed E-state index contributed by atoms with van der Waals surface area (Å²) in [7, 11) is 0. The quantitative estimate of drug-likeness (QED) is 0.485. The van der Waals surface area contributed by atoms with Gasteiger partial charge in [-0.2, -0.15) is 5.10 Å². The smallest absolute Gasteiger partial charge is 0.215 e. The van der Waals surface area contributed by atoms with Crippen LogP contribution in [0.3, 0.4) is 0 Å². The largest absolute Gasteiger partial charge is 0.376 e. The number of rotatable bonds is 4. The summed E-state index contributed by atoms with van der Waals surface area (Å²) in [4.78, 5) is 4.76. The monoisotopic (exact) mass is 401 g/mol. The van der Waals surface area contributed by atoms with E-state index in [9.17, 15) is 0 Å². The SMILES string of the molecule is Cc1nn2c(nc(Sc3nnnn3C[C@@H]3CCCO3)c3ccccc32)c1Cl. The molecule has 4 aromatic rings. The number of aromatic nitrogens is 7. The molecule has 5 rings (SSSR count). The van der Waals surface area contributed by atoms with Gasteiger partial charge >= 0.3 is 0 Å². The van der Waals surface area contributed by atoms with Crippen molar-refractivity contribution in [2.75, 3.05) is 6.61 Å². The molecule has 0 saturated carbocycles. The van der Waals surface area contributed by atoms with Crippen LogP contribution in [0.5, 0.6) is 0 Å². The van der Waals surface area contributed by atoms with E-state index in [0.717, 1.165) is 41.1 Å². The van der Waals surface area contributed by atoms with E-state index in [1.54, 1.807) is 9.20 Å². The predicted octanol–water partition coefficient (Wildman–Crippen LogP) is 3.16. The first-order valence-corrected chi connectivity index (χ1v) is 9.89. The molecule has 27 heavy (non-hydrogen) atoms. The Hall–Kier alpha value is -2.23. The van der Waals surface area contributed by atoms with Gasteiger partial charge in [0.25, 0.3) is 0 Å². The molecule has 8 nitrogen and oxygen atoms in total. The lowest BCUT2D eigenvalue weighted by atomic mass is 10.2. The number of aryl methyl sites for hydroxylation is 1. The zero-order valence-corrected chi connectivity index (χ0v) is 16.1. The van der Waals surface area contributed by atoms with Crippen LogP contribution in [-0.2, 0) is 11.3 Å². The lowest BCUT2D eigenvalue weighted by molar-refractivity contribution is 0.0912. The van der Waals surface area contributed by atoms with E-state index in [1.165, 1.54) is 11.8 Å². The van der Waals surface area contributed by atoms with Gasteiger partial charge in [0.1, 0.15) is 10.0 Å². The predicted molar refractivity (Wildman–Crippen MR) is 101 cm³/mol. The maximum Gasteiger partial charge on any atom is 0.215 e. The molecule has 138 valence electrons. The zero-order chi connectivity index (χ0) is 18.4. The van der Waals surface area contributed by atoms with Gasteiger partial charge in [0, 0.05) is 12.0 Å². The summed E-state index contributed by atoms with van der Waals surface area (Å²) in [5.41, 5.74) is 2.33. The minimum Gasteiger partial charge on any atom is -0.376 e. The normalized spacial score (nSPS) is 17.3. The minimum atomic E-state index is 0.159. The molecule has 1 saturated heterocycles. The van der Waals surface area contributed by atoms with Gasteiger partial charge in [-0.25, -0.2) is 14.2 Å². The third kappa shape index (κ3) is 2.95. The van der Waals surface area contributed by atoms with Crippen LogP contribution < -0.4 is 0 Å². The molecule has 1 aromatic carbocycles. The van der Waals surface area contributed by atoms with Gasteiger partial charge in [-0.1, -0.05) is 29.8 Å². The van der Waals surface area contributed by atoms with Crippen LogP contribution in [0.2, 0.25) is 5.02 Å². The second-order valence-corrected chi connectivity index (χ2v) is 7.78. The van der Waals surface area contributed by atoms with Crippen molar-refractivity contribution in [3.63, 3.8) is 0 Å². The van der Waals surface area contributed by atoms with Crippen molar-refractivity contribution >= 4 is 39.9 Å². The Bertz CT molecular complexity index is 1140. The van der Waals surface area contributed by atoms with Crippen LogP contribution in [0.25, 0.3) is 16.6 Å². The topological polar surface area (TPSA) is 83.0 Å². The Morgan fingerprint density at radius 2 is 2.22 bits per heavy atom. The summed E-state index contributed by atoms with van der Waals surface area (Å²) < 4.78 is 9.27. The van der Waals surface area contributed by atoms with E-state index in [-0.39, 0.29) is 6.10 Å². The van der Waals surface area contributed by atoms with Crippen molar-refractivity contribution in [1.82, 2.24) is 34.8 Å². The number of tetrazole rings is 1. The van der Waals surface area contributed by atoms with Gasteiger partial charge in [0.15, 0.2) is 5.65 Å². The fourth-order valence-electron chi connectivity index (χ4n) is 3.29. The number of hydrogen-bond acceptors (Lipinski definition) is 7. The van der Waals surface area contributed by atoms with Crippen molar-refractivity contribution < 1.29 is 4.74 Å². The van der Waals surface area contributed by atoms with Gasteiger partial charge in [0.05, 0.1) is 23.9 Å². The fourth-order valence-corrected chi connectivity index (χ4v) is 4.33. The van der Waals surface area contributed by atoms with Crippen LogP contribution in [0.15, 0.2) is 34.4 Å². The summed E-state index contributed by atoms with van der Waals surface area (Å²) in [5, 5.41) is 19.7. The Morgan fingerprint density at radius 1 is 1.33 bits per heavy atom. The van der Waals surface area contributed by atoms with Crippen molar-refractivity contribution in [2.45, 2.75) is 42.6 Å². The van der Waals surface area contributed by atoms with Gasteiger partial charge in [-0.15, -0.1) is 5.10 Å². The van der Waals surface area contributed by atoms with E-state index in [4.69, 9.17) is 21.3 Å². The highest BCUT2D eigenvalue weighted by atomic mass is 35.5. The lowest BCUT2D eigenvalue weighted by Gasteiger charge is -2.11. The average molecular weight is 402 g/mol. The number of benzene rings is 1. The minimum absolute atomic E-state index is 0.159. The molecule has 0 spiro atoms. The molecule has 0 N–H and O–H groups in total. The van der Waals surface area contributed by atoms with Crippen molar-refractivity contribution in [1.29, 1.82) is 0 Å². The van der Waals surface area contributed by atoms with E-state index in [0.29, 0.717) is 22.4 Å². The summed E-state index contributed by atoms with van der Waals surface area (Å²) in [6, 6.07) is 7.98. The first kappa shape index (κ1) is 16.9. The Labute approximate surface area is 163 Å². The number of ether oxygens (including phenoxy) is 1. The molecule has 1 fully saturated rings. The van der Waals surface area contributed by atoms with Gasteiger partial charge in [0.2, 0.25) is 5.16 Å². The molecule has 1 aliphatic heterocycles. The van der Waals surface area contributed by atoms with E-state index in [2.05, 4.69) is 20.6 Å². The summed E-state index contributed by atoms with van der Waals surface area (Å²) in [6.07, 6.45) is 2.27. The summed E-state index contributed by atoms with van der Waals surface area (Å²) >= 11 is 7.85. The third-order valence-electron chi connectivity index (χ3n) is 4.62. The molecule has 4 heterocycles. The van der Waals surface area contributed by atoms with Gasteiger partial charge in [-0.3, -0.25) is 0 Å². The van der Waals surface area contributed by atoms with Crippen LogP contribution in [0.1, 0.15) is 18.5 Å². The van der Waals surface area contributed by atoms with Crippen molar-refractivity contribution in [3.05, 3.63) is 35.0 Å². The molecule has 10 heteroatoms. The first-order chi connectivity index (χ1) is 13.2. The van der Waals surface area contributed by atoms with E-state index in [1.807, 2.05) is 31.2 Å². The highest BCUT2D eigenvalue weighted by Crippen LogP contribution is 2.33. The third-order valence-corrected chi connectivity index (χ3v) is 6.04. The summed E-state index contributed by atoms with van der Waals surface area (Å²) in [5.74, 6) is 0. The fraction of sp³-hybridized carbons (Fsp3) is 0.353. The molecular formula is C17H16ClN7OS. The summed E-state index contributed by atoms with van der Waals surface area (Å²) in [6.45, 7) is 3.32. The second kappa shape index (κ2) is 6.74. The molecule has 1 aliphatic rings.